The highest BCUT2D eigenvalue weighted by atomic mass is 16.3. The van der Waals surface area contributed by atoms with E-state index in [9.17, 15) is 9.90 Å². The number of hydrogen-bond acceptors (Lipinski definition) is 3. The Hall–Kier alpha value is -0.410. The van der Waals surface area contributed by atoms with Gasteiger partial charge in [0.05, 0.1) is 6.10 Å². The van der Waals surface area contributed by atoms with Gasteiger partial charge in [-0.15, -0.1) is 0 Å². The lowest BCUT2D eigenvalue weighted by molar-refractivity contribution is -0.128. The average molecular weight is 239 g/mol. The molecule has 3 unspecified atom stereocenters. The monoisotopic (exact) mass is 239 g/mol. The van der Waals surface area contributed by atoms with Crippen LogP contribution in [0.5, 0.6) is 0 Å². The maximum absolute atomic E-state index is 12.2. The fourth-order valence-electron chi connectivity index (χ4n) is 3.21. The summed E-state index contributed by atoms with van der Waals surface area (Å²) < 4.78 is 0. The van der Waals surface area contributed by atoms with Crippen molar-refractivity contribution < 1.29 is 9.90 Å². The highest BCUT2D eigenvalue weighted by Gasteiger charge is 2.41. The van der Waals surface area contributed by atoms with Gasteiger partial charge in [-0.2, -0.15) is 0 Å². The number of carbonyl (C=O) groups is 1. The molecule has 98 valence electrons. The van der Waals surface area contributed by atoms with Crippen LogP contribution in [0.25, 0.3) is 0 Å². The van der Waals surface area contributed by atoms with Gasteiger partial charge in [0.15, 0.2) is 0 Å². The molecule has 3 nitrogen and oxygen atoms in total. The van der Waals surface area contributed by atoms with E-state index in [4.69, 9.17) is 0 Å². The van der Waals surface area contributed by atoms with Gasteiger partial charge in [0.25, 0.3) is 0 Å². The van der Waals surface area contributed by atoms with Crippen molar-refractivity contribution in [3.63, 3.8) is 0 Å². The highest BCUT2D eigenvalue weighted by Crippen LogP contribution is 2.38. The summed E-state index contributed by atoms with van der Waals surface area (Å²) in [7, 11) is 0. The molecule has 2 fully saturated rings. The standard InChI is InChI=1S/C14H25NO2/c1-10-8-15(7-5-12(10)16)9-11-4-6-14(2,3)13(11)17/h10-12,16H,4-9H2,1-3H3. The Morgan fingerprint density at radius 1 is 1.41 bits per heavy atom. The third-order valence-electron chi connectivity index (χ3n) is 4.58. The SMILES string of the molecule is CC1CN(CC2CCC(C)(C)C2=O)CCC1O. The molecule has 0 radical (unpaired) electrons. The zero-order valence-electron chi connectivity index (χ0n) is 11.3. The Morgan fingerprint density at radius 2 is 2.12 bits per heavy atom. The number of rotatable bonds is 2. The highest BCUT2D eigenvalue weighted by molar-refractivity contribution is 5.88. The minimum absolute atomic E-state index is 0.106. The number of likely N-dealkylation sites (tertiary alicyclic amines) is 1. The van der Waals surface area contributed by atoms with Gasteiger partial charge < -0.3 is 10.0 Å². The first kappa shape index (κ1) is 13.0. The van der Waals surface area contributed by atoms with Crippen molar-refractivity contribution in [1.82, 2.24) is 4.90 Å². The van der Waals surface area contributed by atoms with Crippen LogP contribution in [0.3, 0.4) is 0 Å². The van der Waals surface area contributed by atoms with Crippen LogP contribution in [0.1, 0.15) is 40.0 Å². The molecule has 1 saturated carbocycles. The van der Waals surface area contributed by atoms with Crippen LogP contribution < -0.4 is 0 Å². The van der Waals surface area contributed by atoms with Crippen molar-refractivity contribution in [3.05, 3.63) is 0 Å². The molecule has 3 atom stereocenters. The molecule has 1 N–H and O–H groups in total. The second kappa shape index (κ2) is 4.69. The Kier molecular flexibility index (Phi) is 3.60. The normalized spacial score (nSPS) is 38.6. The molecule has 3 heteroatoms. The van der Waals surface area contributed by atoms with Gasteiger partial charge in [0.1, 0.15) is 5.78 Å². The molecule has 0 aromatic heterocycles. The van der Waals surface area contributed by atoms with E-state index >= 15 is 0 Å². The number of ketones is 1. The zero-order chi connectivity index (χ0) is 12.6. The van der Waals surface area contributed by atoms with Crippen LogP contribution in [0.15, 0.2) is 0 Å². The number of aliphatic hydroxyl groups excluding tert-OH is 1. The van der Waals surface area contributed by atoms with Gasteiger partial charge in [0.2, 0.25) is 0 Å². The van der Waals surface area contributed by atoms with Gasteiger partial charge in [-0.05, 0) is 25.2 Å². The first-order valence-corrected chi connectivity index (χ1v) is 6.85. The lowest BCUT2D eigenvalue weighted by atomic mass is 9.88. The van der Waals surface area contributed by atoms with Gasteiger partial charge >= 0.3 is 0 Å². The molecule has 0 spiro atoms. The second-order valence-corrected chi connectivity index (χ2v) is 6.58. The minimum atomic E-state index is -0.151. The van der Waals surface area contributed by atoms with E-state index in [1.807, 2.05) is 0 Å². The first-order chi connectivity index (χ1) is 7.90. The maximum Gasteiger partial charge on any atom is 0.142 e. The van der Waals surface area contributed by atoms with Crippen LogP contribution in [0.4, 0.5) is 0 Å². The van der Waals surface area contributed by atoms with E-state index in [1.165, 1.54) is 0 Å². The van der Waals surface area contributed by atoms with E-state index in [2.05, 4.69) is 25.7 Å². The summed E-state index contributed by atoms with van der Waals surface area (Å²) in [5.41, 5.74) is -0.106. The number of Topliss-reactive ketones (excluding diaryl/α,β-unsaturated/α-hetero) is 1. The Bertz CT molecular complexity index is 301. The molecule has 0 aromatic carbocycles. The molecule has 1 aliphatic carbocycles. The smallest absolute Gasteiger partial charge is 0.142 e. The Morgan fingerprint density at radius 3 is 2.65 bits per heavy atom. The number of aliphatic hydroxyl groups is 1. The largest absolute Gasteiger partial charge is 0.393 e. The Labute approximate surface area is 104 Å². The van der Waals surface area contributed by atoms with Crippen LogP contribution in [-0.2, 0) is 4.79 Å². The average Bonchev–Trinajstić information content (AvgIpc) is 2.51. The topological polar surface area (TPSA) is 40.5 Å². The van der Waals surface area contributed by atoms with Crippen LogP contribution in [0, 0.1) is 17.3 Å². The summed E-state index contributed by atoms with van der Waals surface area (Å²) in [4.78, 5) is 14.5. The van der Waals surface area contributed by atoms with Gasteiger partial charge in [-0.3, -0.25) is 4.79 Å². The third kappa shape index (κ3) is 2.71. The molecule has 0 amide bonds. The van der Waals surface area contributed by atoms with Gasteiger partial charge in [-0.25, -0.2) is 0 Å². The summed E-state index contributed by atoms with van der Waals surface area (Å²) in [6.07, 6.45) is 2.77. The minimum Gasteiger partial charge on any atom is -0.393 e. The number of carbonyl (C=O) groups excluding carboxylic acids is 1. The fourth-order valence-corrected chi connectivity index (χ4v) is 3.21. The van der Waals surface area contributed by atoms with Crippen molar-refractivity contribution in [2.45, 2.75) is 46.1 Å². The quantitative estimate of drug-likeness (QED) is 0.797. The lowest BCUT2D eigenvalue weighted by Gasteiger charge is -2.35. The molecule has 2 aliphatic rings. The van der Waals surface area contributed by atoms with Gasteiger partial charge in [0, 0.05) is 31.0 Å². The number of hydrogen-bond donors (Lipinski definition) is 1. The van der Waals surface area contributed by atoms with Crippen molar-refractivity contribution >= 4 is 5.78 Å². The van der Waals surface area contributed by atoms with Crippen LogP contribution in [-0.4, -0.2) is 41.5 Å². The van der Waals surface area contributed by atoms with Crippen molar-refractivity contribution in [2.24, 2.45) is 17.3 Å². The molecule has 1 aliphatic heterocycles. The van der Waals surface area contributed by atoms with Crippen LogP contribution in [0.2, 0.25) is 0 Å². The second-order valence-electron chi connectivity index (χ2n) is 6.58. The summed E-state index contributed by atoms with van der Waals surface area (Å²) in [5.74, 6) is 1.01. The van der Waals surface area contributed by atoms with Gasteiger partial charge in [-0.1, -0.05) is 20.8 Å². The first-order valence-electron chi connectivity index (χ1n) is 6.85. The number of piperidine rings is 1. The summed E-state index contributed by atoms with van der Waals surface area (Å²) >= 11 is 0. The molecule has 0 aromatic rings. The number of nitrogens with zero attached hydrogens (tertiary/aromatic N) is 1. The molecule has 17 heavy (non-hydrogen) atoms. The van der Waals surface area contributed by atoms with Crippen molar-refractivity contribution in [2.75, 3.05) is 19.6 Å². The van der Waals surface area contributed by atoms with E-state index < -0.39 is 0 Å². The predicted molar refractivity (Wildman–Crippen MR) is 67.7 cm³/mol. The predicted octanol–water partition coefficient (Wildman–Crippen LogP) is 1.69. The van der Waals surface area contributed by atoms with E-state index in [1.54, 1.807) is 0 Å². The Balaban J connectivity index is 1.88. The summed E-state index contributed by atoms with van der Waals surface area (Å²) in [6, 6.07) is 0. The van der Waals surface area contributed by atoms with Crippen molar-refractivity contribution in [3.8, 4) is 0 Å². The zero-order valence-corrected chi connectivity index (χ0v) is 11.3. The maximum atomic E-state index is 12.2. The molecule has 1 saturated heterocycles. The van der Waals surface area contributed by atoms with Crippen molar-refractivity contribution in [1.29, 1.82) is 0 Å². The molecular formula is C14H25NO2. The molecule has 2 rings (SSSR count). The summed E-state index contributed by atoms with van der Waals surface area (Å²) in [6.45, 7) is 9.01. The summed E-state index contributed by atoms with van der Waals surface area (Å²) in [5, 5.41) is 9.70. The van der Waals surface area contributed by atoms with E-state index in [0.717, 1.165) is 38.9 Å². The molecular weight excluding hydrogens is 214 g/mol. The fraction of sp³-hybridized carbons (Fsp3) is 0.929. The van der Waals surface area contributed by atoms with E-state index in [-0.39, 0.29) is 17.4 Å². The third-order valence-corrected chi connectivity index (χ3v) is 4.58. The van der Waals surface area contributed by atoms with E-state index in [0.29, 0.717) is 11.7 Å². The molecule has 1 heterocycles. The van der Waals surface area contributed by atoms with Crippen LogP contribution >= 0.6 is 0 Å². The lowest BCUT2D eigenvalue weighted by Crippen LogP contribution is -2.44. The molecule has 0 bridgehead atoms.